The van der Waals surface area contributed by atoms with Gasteiger partial charge in [0.1, 0.15) is 5.75 Å². The minimum Gasteiger partial charge on any atom is -0.497 e. The lowest BCUT2D eigenvalue weighted by Gasteiger charge is -2.16. The summed E-state index contributed by atoms with van der Waals surface area (Å²) in [5.41, 5.74) is 2.56. The number of rotatable bonds is 3. The lowest BCUT2D eigenvalue weighted by Crippen LogP contribution is -2.19. The number of methoxy groups -OCH3 is 1. The van der Waals surface area contributed by atoms with Crippen molar-refractivity contribution in [3.63, 3.8) is 0 Å². The summed E-state index contributed by atoms with van der Waals surface area (Å²) in [6.45, 7) is 5.81. The number of hydrogen-bond acceptors (Lipinski definition) is 2. The van der Waals surface area contributed by atoms with Crippen LogP contribution >= 0.6 is 0 Å². The summed E-state index contributed by atoms with van der Waals surface area (Å²) in [6.07, 6.45) is 0. The van der Waals surface area contributed by atoms with Crippen LogP contribution in [0.15, 0.2) is 48.5 Å². The standard InChI is InChI=1S/C18H20O2/c1-18(2,3)17(19)14-10-8-13(9-11-14)15-6-5-7-16(12-15)20-4/h5-12H,1-4H3. The molecule has 0 aliphatic carbocycles. The normalized spacial score (nSPS) is 11.2. The van der Waals surface area contributed by atoms with Gasteiger partial charge in [0.05, 0.1) is 7.11 Å². The van der Waals surface area contributed by atoms with Crippen LogP contribution in [-0.4, -0.2) is 12.9 Å². The van der Waals surface area contributed by atoms with Gasteiger partial charge in [-0.3, -0.25) is 4.79 Å². The lowest BCUT2D eigenvalue weighted by molar-refractivity contribution is 0.0858. The third-order valence-corrected chi connectivity index (χ3v) is 3.23. The first-order valence-corrected chi connectivity index (χ1v) is 6.71. The molecule has 2 aromatic carbocycles. The Morgan fingerprint density at radius 3 is 2.15 bits per heavy atom. The summed E-state index contributed by atoms with van der Waals surface area (Å²) in [4.78, 5) is 12.2. The van der Waals surface area contributed by atoms with Gasteiger partial charge >= 0.3 is 0 Å². The molecule has 0 bridgehead atoms. The SMILES string of the molecule is COc1cccc(-c2ccc(C(=O)C(C)(C)C)cc2)c1. The first-order chi connectivity index (χ1) is 9.41. The summed E-state index contributed by atoms with van der Waals surface area (Å²) < 4.78 is 5.23. The quantitative estimate of drug-likeness (QED) is 0.761. The number of carbonyl (C=O) groups excluding carboxylic acids is 1. The molecule has 104 valence electrons. The van der Waals surface area contributed by atoms with E-state index >= 15 is 0 Å². The smallest absolute Gasteiger partial charge is 0.168 e. The van der Waals surface area contributed by atoms with Crippen LogP contribution in [0, 0.1) is 5.41 Å². The first-order valence-electron chi connectivity index (χ1n) is 6.71. The maximum Gasteiger partial charge on any atom is 0.168 e. The molecule has 2 rings (SSSR count). The van der Waals surface area contributed by atoms with E-state index in [0.29, 0.717) is 0 Å². The van der Waals surface area contributed by atoms with Crippen LogP contribution in [-0.2, 0) is 0 Å². The lowest BCUT2D eigenvalue weighted by atomic mass is 9.86. The Balaban J connectivity index is 2.30. The third kappa shape index (κ3) is 3.08. The molecule has 0 N–H and O–H groups in total. The molecule has 0 saturated carbocycles. The molecule has 0 radical (unpaired) electrons. The van der Waals surface area contributed by atoms with Crippen molar-refractivity contribution in [2.75, 3.05) is 7.11 Å². The van der Waals surface area contributed by atoms with E-state index < -0.39 is 0 Å². The molecular weight excluding hydrogens is 248 g/mol. The van der Waals surface area contributed by atoms with Crippen LogP contribution in [0.4, 0.5) is 0 Å². The van der Waals surface area contributed by atoms with Crippen molar-refractivity contribution in [3.8, 4) is 16.9 Å². The van der Waals surface area contributed by atoms with E-state index in [-0.39, 0.29) is 11.2 Å². The van der Waals surface area contributed by atoms with E-state index in [1.54, 1.807) is 7.11 Å². The van der Waals surface area contributed by atoms with E-state index in [0.717, 1.165) is 22.4 Å². The fourth-order valence-electron chi connectivity index (χ4n) is 2.05. The Morgan fingerprint density at radius 1 is 0.950 bits per heavy atom. The number of benzene rings is 2. The van der Waals surface area contributed by atoms with Crippen molar-refractivity contribution in [2.45, 2.75) is 20.8 Å². The Kier molecular flexibility index (Phi) is 3.93. The van der Waals surface area contributed by atoms with E-state index in [4.69, 9.17) is 4.74 Å². The van der Waals surface area contributed by atoms with Crippen molar-refractivity contribution in [3.05, 3.63) is 54.1 Å². The van der Waals surface area contributed by atoms with Crippen LogP contribution in [0.1, 0.15) is 31.1 Å². The molecule has 0 spiro atoms. The average Bonchev–Trinajstić information content (AvgIpc) is 2.46. The second-order valence-electron chi connectivity index (χ2n) is 5.89. The zero-order chi connectivity index (χ0) is 14.8. The van der Waals surface area contributed by atoms with E-state index in [1.807, 2.05) is 69.3 Å². The van der Waals surface area contributed by atoms with Crippen LogP contribution in [0.25, 0.3) is 11.1 Å². The minimum atomic E-state index is -0.350. The van der Waals surface area contributed by atoms with E-state index in [2.05, 4.69) is 0 Å². The van der Waals surface area contributed by atoms with Gasteiger partial charge in [0.2, 0.25) is 0 Å². The molecule has 0 heterocycles. The zero-order valence-corrected chi connectivity index (χ0v) is 12.4. The molecule has 2 nitrogen and oxygen atoms in total. The van der Waals surface area contributed by atoms with Crippen molar-refractivity contribution < 1.29 is 9.53 Å². The largest absolute Gasteiger partial charge is 0.497 e. The minimum absolute atomic E-state index is 0.162. The molecule has 0 aliphatic heterocycles. The predicted octanol–water partition coefficient (Wildman–Crippen LogP) is 4.59. The summed E-state index contributed by atoms with van der Waals surface area (Å²) >= 11 is 0. The second kappa shape index (κ2) is 5.49. The van der Waals surface area contributed by atoms with Gasteiger partial charge in [-0.1, -0.05) is 57.2 Å². The van der Waals surface area contributed by atoms with Crippen molar-refractivity contribution in [1.29, 1.82) is 0 Å². The van der Waals surface area contributed by atoms with Gasteiger partial charge in [0, 0.05) is 11.0 Å². The monoisotopic (exact) mass is 268 g/mol. The maximum absolute atomic E-state index is 12.2. The Bertz CT molecular complexity index is 604. The van der Waals surface area contributed by atoms with Gasteiger partial charge in [-0.2, -0.15) is 0 Å². The molecule has 0 saturated heterocycles. The number of Topliss-reactive ketones (excluding diaryl/α,β-unsaturated/α-hetero) is 1. The summed E-state index contributed by atoms with van der Waals surface area (Å²) in [6, 6.07) is 15.6. The highest BCUT2D eigenvalue weighted by molar-refractivity contribution is 6.00. The van der Waals surface area contributed by atoms with Crippen molar-refractivity contribution in [2.24, 2.45) is 5.41 Å². The molecule has 0 amide bonds. The van der Waals surface area contributed by atoms with E-state index in [1.165, 1.54) is 0 Å². The van der Waals surface area contributed by atoms with Crippen LogP contribution < -0.4 is 4.74 Å². The summed E-state index contributed by atoms with van der Waals surface area (Å²) in [5, 5.41) is 0. The van der Waals surface area contributed by atoms with Crippen LogP contribution in [0.2, 0.25) is 0 Å². The highest BCUT2D eigenvalue weighted by Crippen LogP contribution is 2.26. The summed E-state index contributed by atoms with van der Waals surface area (Å²) in [5.74, 6) is 0.993. The first kappa shape index (κ1) is 14.3. The third-order valence-electron chi connectivity index (χ3n) is 3.23. The number of hydrogen-bond donors (Lipinski definition) is 0. The van der Waals surface area contributed by atoms with Gasteiger partial charge < -0.3 is 4.74 Å². The fraction of sp³-hybridized carbons (Fsp3) is 0.278. The molecule has 2 aromatic rings. The van der Waals surface area contributed by atoms with Crippen molar-refractivity contribution in [1.82, 2.24) is 0 Å². The van der Waals surface area contributed by atoms with Gasteiger partial charge in [-0.25, -0.2) is 0 Å². The predicted molar refractivity (Wildman–Crippen MR) is 82.2 cm³/mol. The number of ketones is 1. The number of ether oxygens (including phenoxy) is 1. The number of carbonyl (C=O) groups is 1. The van der Waals surface area contributed by atoms with Gasteiger partial charge in [-0.05, 0) is 23.3 Å². The highest BCUT2D eigenvalue weighted by Gasteiger charge is 2.22. The topological polar surface area (TPSA) is 26.3 Å². The molecule has 0 unspecified atom stereocenters. The molecule has 2 heteroatoms. The molecule has 0 atom stereocenters. The van der Waals surface area contributed by atoms with Gasteiger partial charge in [0.25, 0.3) is 0 Å². The molecule has 0 fully saturated rings. The average molecular weight is 268 g/mol. The fourth-order valence-corrected chi connectivity index (χ4v) is 2.05. The Labute approximate surface area is 120 Å². The highest BCUT2D eigenvalue weighted by atomic mass is 16.5. The Hall–Kier alpha value is -2.09. The molecule has 20 heavy (non-hydrogen) atoms. The van der Waals surface area contributed by atoms with Crippen molar-refractivity contribution >= 4 is 5.78 Å². The maximum atomic E-state index is 12.2. The van der Waals surface area contributed by atoms with Gasteiger partial charge in [-0.15, -0.1) is 0 Å². The second-order valence-corrected chi connectivity index (χ2v) is 5.89. The van der Waals surface area contributed by atoms with Crippen LogP contribution in [0.5, 0.6) is 5.75 Å². The molecule has 0 aromatic heterocycles. The summed E-state index contributed by atoms with van der Waals surface area (Å²) in [7, 11) is 1.66. The van der Waals surface area contributed by atoms with Gasteiger partial charge in [0.15, 0.2) is 5.78 Å². The zero-order valence-electron chi connectivity index (χ0n) is 12.4. The Morgan fingerprint density at radius 2 is 1.60 bits per heavy atom. The van der Waals surface area contributed by atoms with Crippen LogP contribution in [0.3, 0.4) is 0 Å². The molecule has 0 aliphatic rings. The molecular formula is C18H20O2. The van der Waals surface area contributed by atoms with E-state index in [9.17, 15) is 4.79 Å².